The fourth-order valence-electron chi connectivity index (χ4n) is 3.84. The van der Waals surface area contributed by atoms with Crippen LogP contribution >= 0.6 is 0 Å². The van der Waals surface area contributed by atoms with Gasteiger partial charge in [-0.25, -0.2) is 9.37 Å². The standard InChI is InChI=1S/C20H20FN5O2/c1-12-8-13(4-6-27-12)15-9-22-20(26-11-24-25-19(15)26)23-10-16-14-5-7-28-18(14)3-2-17(16)21/h2-3,8-9,11-12H,4-7,10H2,1H3,(H,22,23). The minimum Gasteiger partial charge on any atom is -0.493 e. The predicted molar refractivity (Wildman–Crippen MR) is 102 cm³/mol. The Morgan fingerprint density at radius 1 is 1.29 bits per heavy atom. The molecule has 0 amide bonds. The van der Waals surface area contributed by atoms with Crippen LogP contribution in [0.3, 0.4) is 0 Å². The van der Waals surface area contributed by atoms with E-state index in [9.17, 15) is 4.39 Å². The molecule has 7 nitrogen and oxygen atoms in total. The van der Waals surface area contributed by atoms with Crippen molar-refractivity contribution in [1.29, 1.82) is 0 Å². The van der Waals surface area contributed by atoms with Crippen molar-refractivity contribution in [3.8, 4) is 5.75 Å². The molecule has 0 bridgehead atoms. The van der Waals surface area contributed by atoms with E-state index in [4.69, 9.17) is 9.47 Å². The first kappa shape index (κ1) is 17.1. The normalized spacial score (nSPS) is 18.6. The molecule has 8 heteroatoms. The van der Waals surface area contributed by atoms with Gasteiger partial charge >= 0.3 is 0 Å². The van der Waals surface area contributed by atoms with E-state index in [1.807, 2.05) is 6.92 Å². The zero-order valence-corrected chi connectivity index (χ0v) is 15.5. The molecule has 1 atom stereocenters. The van der Waals surface area contributed by atoms with Crippen molar-refractivity contribution in [2.75, 3.05) is 18.5 Å². The summed E-state index contributed by atoms with van der Waals surface area (Å²) in [5.74, 6) is 1.09. The van der Waals surface area contributed by atoms with Gasteiger partial charge in [-0.15, -0.1) is 10.2 Å². The van der Waals surface area contributed by atoms with Gasteiger partial charge in [0.15, 0.2) is 5.65 Å². The van der Waals surface area contributed by atoms with E-state index in [0.717, 1.165) is 34.5 Å². The van der Waals surface area contributed by atoms with Gasteiger partial charge in [0.25, 0.3) is 0 Å². The Kier molecular flexibility index (Phi) is 4.20. The maximum absolute atomic E-state index is 14.4. The van der Waals surface area contributed by atoms with Crippen LogP contribution < -0.4 is 10.1 Å². The Balaban J connectivity index is 1.46. The van der Waals surface area contributed by atoms with Crippen LogP contribution in [0.15, 0.2) is 30.7 Å². The number of ether oxygens (including phenoxy) is 2. The molecule has 1 N–H and O–H groups in total. The lowest BCUT2D eigenvalue weighted by atomic mass is 10.0. The highest BCUT2D eigenvalue weighted by Crippen LogP contribution is 2.31. The maximum atomic E-state index is 14.4. The Hall–Kier alpha value is -3.00. The number of benzene rings is 1. The first-order valence-corrected chi connectivity index (χ1v) is 9.39. The summed E-state index contributed by atoms with van der Waals surface area (Å²) >= 11 is 0. The molecule has 144 valence electrons. The number of rotatable bonds is 4. The molecule has 5 rings (SSSR count). The monoisotopic (exact) mass is 381 g/mol. The summed E-state index contributed by atoms with van der Waals surface area (Å²) in [6, 6.07) is 3.14. The maximum Gasteiger partial charge on any atom is 0.210 e. The van der Waals surface area contributed by atoms with Crippen molar-refractivity contribution in [3.63, 3.8) is 0 Å². The Bertz CT molecular complexity index is 1080. The van der Waals surface area contributed by atoms with Crippen molar-refractivity contribution < 1.29 is 13.9 Å². The van der Waals surface area contributed by atoms with Gasteiger partial charge in [0.2, 0.25) is 5.95 Å². The smallest absolute Gasteiger partial charge is 0.210 e. The molecule has 0 saturated heterocycles. The second kappa shape index (κ2) is 6.87. The van der Waals surface area contributed by atoms with Crippen LogP contribution in [-0.4, -0.2) is 38.9 Å². The molecule has 0 saturated carbocycles. The van der Waals surface area contributed by atoms with E-state index in [2.05, 4.69) is 26.6 Å². The summed E-state index contributed by atoms with van der Waals surface area (Å²) in [6.45, 7) is 3.59. The fourth-order valence-corrected chi connectivity index (χ4v) is 3.84. The topological polar surface area (TPSA) is 73.6 Å². The molecule has 1 aromatic carbocycles. The fraction of sp³-hybridized carbons (Fsp3) is 0.350. The number of anilines is 1. The summed E-state index contributed by atoms with van der Waals surface area (Å²) in [4.78, 5) is 4.55. The number of hydrogen-bond acceptors (Lipinski definition) is 6. The quantitative estimate of drug-likeness (QED) is 0.749. The number of hydrogen-bond donors (Lipinski definition) is 1. The van der Waals surface area contributed by atoms with Gasteiger partial charge in [-0.05, 0) is 31.1 Å². The van der Waals surface area contributed by atoms with Crippen LogP contribution in [0.5, 0.6) is 5.75 Å². The van der Waals surface area contributed by atoms with E-state index in [1.54, 1.807) is 23.0 Å². The van der Waals surface area contributed by atoms with Crippen molar-refractivity contribution in [2.45, 2.75) is 32.4 Å². The Labute approximate surface area is 161 Å². The molecule has 0 fully saturated rings. The van der Waals surface area contributed by atoms with Crippen molar-refractivity contribution in [3.05, 3.63) is 53.2 Å². The summed E-state index contributed by atoms with van der Waals surface area (Å²) in [7, 11) is 0. The zero-order valence-electron chi connectivity index (χ0n) is 15.5. The summed E-state index contributed by atoms with van der Waals surface area (Å²) in [6.07, 6.45) is 7.09. The highest BCUT2D eigenvalue weighted by molar-refractivity contribution is 5.76. The third-order valence-electron chi connectivity index (χ3n) is 5.23. The second-order valence-electron chi connectivity index (χ2n) is 6.99. The van der Waals surface area contributed by atoms with Gasteiger partial charge in [-0.2, -0.15) is 0 Å². The molecule has 0 aliphatic carbocycles. The van der Waals surface area contributed by atoms with E-state index in [1.165, 1.54) is 6.07 Å². The summed E-state index contributed by atoms with van der Waals surface area (Å²) in [5.41, 5.74) is 4.35. The zero-order chi connectivity index (χ0) is 19.1. The SMILES string of the molecule is CC1C=C(c2cnc(NCc3c(F)ccc4c3CCO4)n3cnnc23)CCO1. The third kappa shape index (κ3) is 2.90. The predicted octanol–water partition coefficient (Wildman–Crippen LogP) is 3.00. The number of aromatic nitrogens is 4. The molecule has 3 aromatic rings. The van der Waals surface area contributed by atoms with Crippen molar-refractivity contribution in [1.82, 2.24) is 19.6 Å². The summed E-state index contributed by atoms with van der Waals surface area (Å²) in [5, 5.41) is 11.5. The van der Waals surface area contributed by atoms with Gasteiger partial charge in [-0.1, -0.05) is 6.08 Å². The molecule has 28 heavy (non-hydrogen) atoms. The number of nitrogens with zero attached hydrogens (tertiary/aromatic N) is 4. The Morgan fingerprint density at radius 3 is 3.11 bits per heavy atom. The highest BCUT2D eigenvalue weighted by atomic mass is 19.1. The average Bonchev–Trinajstić information content (AvgIpc) is 3.36. The first-order chi connectivity index (χ1) is 13.7. The van der Waals surface area contributed by atoms with Gasteiger partial charge in [0.05, 0.1) is 19.3 Å². The van der Waals surface area contributed by atoms with Crippen LogP contribution in [0.4, 0.5) is 10.3 Å². The van der Waals surface area contributed by atoms with Gasteiger partial charge in [-0.3, -0.25) is 4.40 Å². The lowest BCUT2D eigenvalue weighted by molar-refractivity contribution is 0.0951. The molecule has 2 aliphatic rings. The lowest BCUT2D eigenvalue weighted by Gasteiger charge is -2.19. The number of nitrogens with one attached hydrogen (secondary N) is 1. The van der Waals surface area contributed by atoms with E-state index >= 15 is 0 Å². The minimum absolute atomic E-state index is 0.0647. The van der Waals surface area contributed by atoms with Crippen LogP contribution in [-0.2, 0) is 17.7 Å². The molecule has 4 heterocycles. The summed E-state index contributed by atoms with van der Waals surface area (Å²) < 4.78 is 27.3. The van der Waals surface area contributed by atoms with Crippen molar-refractivity contribution in [2.24, 2.45) is 0 Å². The number of halogens is 1. The first-order valence-electron chi connectivity index (χ1n) is 9.39. The third-order valence-corrected chi connectivity index (χ3v) is 5.23. The largest absolute Gasteiger partial charge is 0.493 e. The van der Waals surface area contributed by atoms with Crippen LogP contribution in [0, 0.1) is 5.82 Å². The van der Waals surface area contributed by atoms with E-state index < -0.39 is 0 Å². The minimum atomic E-state index is -0.241. The molecule has 2 aromatic heterocycles. The van der Waals surface area contributed by atoms with Gasteiger partial charge in [0.1, 0.15) is 17.9 Å². The van der Waals surface area contributed by atoms with E-state index in [0.29, 0.717) is 37.7 Å². The number of fused-ring (bicyclic) bond motifs is 2. The molecular formula is C20H20FN5O2. The molecule has 2 aliphatic heterocycles. The molecule has 0 spiro atoms. The van der Waals surface area contributed by atoms with Crippen LogP contribution in [0.2, 0.25) is 0 Å². The van der Waals surface area contributed by atoms with Gasteiger partial charge in [0, 0.05) is 35.9 Å². The average molecular weight is 381 g/mol. The van der Waals surface area contributed by atoms with Crippen LogP contribution in [0.1, 0.15) is 30.0 Å². The van der Waals surface area contributed by atoms with Crippen LogP contribution in [0.25, 0.3) is 11.2 Å². The molecule has 1 unspecified atom stereocenters. The Morgan fingerprint density at radius 2 is 2.21 bits per heavy atom. The van der Waals surface area contributed by atoms with E-state index in [-0.39, 0.29) is 11.9 Å². The second-order valence-corrected chi connectivity index (χ2v) is 6.99. The molecular weight excluding hydrogens is 361 g/mol. The lowest BCUT2D eigenvalue weighted by Crippen LogP contribution is -2.14. The molecule has 0 radical (unpaired) electrons. The van der Waals surface area contributed by atoms with Gasteiger partial charge < -0.3 is 14.8 Å². The van der Waals surface area contributed by atoms with Crippen molar-refractivity contribution >= 4 is 17.2 Å². The highest BCUT2D eigenvalue weighted by Gasteiger charge is 2.21.